The van der Waals surface area contributed by atoms with E-state index < -0.39 is 0 Å². The van der Waals surface area contributed by atoms with Crippen LogP contribution in [0.1, 0.15) is 19.8 Å². The van der Waals surface area contributed by atoms with Crippen molar-refractivity contribution in [1.82, 2.24) is 25.1 Å². The highest BCUT2D eigenvalue weighted by atomic mass is 32.2. The lowest BCUT2D eigenvalue weighted by Crippen LogP contribution is -2.37. The van der Waals surface area contributed by atoms with Gasteiger partial charge in [0.25, 0.3) is 0 Å². The molecule has 0 aromatic carbocycles. The molecule has 1 N–H and O–H groups in total. The zero-order valence-electron chi connectivity index (χ0n) is 15.0. The molecule has 0 atom stereocenters. The number of aromatic nitrogens is 4. The summed E-state index contributed by atoms with van der Waals surface area (Å²) in [4.78, 5) is 23.5. The zero-order valence-corrected chi connectivity index (χ0v) is 15.8. The second kappa shape index (κ2) is 7.79. The maximum atomic E-state index is 11.8. The molecule has 1 aliphatic carbocycles. The smallest absolute Gasteiger partial charge is 0.223 e. The van der Waals surface area contributed by atoms with E-state index in [9.17, 15) is 4.79 Å². The van der Waals surface area contributed by atoms with Gasteiger partial charge in [0, 0.05) is 25.6 Å². The summed E-state index contributed by atoms with van der Waals surface area (Å²) in [6.45, 7) is 6.34. The van der Waals surface area contributed by atoms with Crippen molar-refractivity contribution in [3.05, 3.63) is 6.20 Å². The van der Waals surface area contributed by atoms with E-state index in [1.165, 1.54) is 0 Å². The summed E-state index contributed by atoms with van der Waals surface area (Å²) in [7, 11) is 0. The van der Waals surface area contributed by atoms with Gasteiger partial charge in [-0.1, -0.05) is 18.7 Å². The fraction of sp³-hybridized carbons (Fsp3) is 0.647. The third kappa shape index (κ3) is 3.78. The van der Waals surface area contributed by atoms with Crippen LogP contribution in [-0.4, -0.2) is 64.3 Å². The summed E-state index contributed by atoms with van der Waals surface area (Å²) >= 11 is 1.63. The van der Waals surface area contributed by atoms with Crippen LogP contribution in [0, 0.1) is 5.92 Å². The minimum absolute atomic E-state index is 0.160. The van der Waals surface area contributed by atoms with Gasteiger partial charge in [-0.25, -0.2) is 14.6 Å². The number of thioether (sulfide) groups is 1. The third-order valence-electron chi connectivity index (χ3n) is 4.61. The Balaban J connectivity index is 1.57. The number of amides is 1. The number of morpholine rings is 1. The Morgan fingerprint density at radius 2 is 2.15 bits per heavy atom. The number of fused-ring (bicyclic) bond motifs is 1. The fourth-order valence-electron chi connectivity index (χ4n) is 3.07. The van der Waals surface area contributed by atoms with Crippen LogP contribution in [-0.2, 0) is 16.1 Å². The Bertz CT molecular complexity index is 785. The Kier molecular flexibility index (Phi) is 5.26. The SMILES string of the molecule is CCSc1nc(N2CCOCC2)c2cnn(CCNC(=O)C3CC3)c2n1. The monoisotopic (exact) mass is 376 g/mol. The van der Waals surface area contributed by atoms with Crippen molar-refractivity contribution < 1.29 is 9.53 Å². The van der Waals surface area contributed by atoms with Crippen molar-refractivity contribution in [2.24, 2.45) is 5.92 Å². The van der Waals surface area contributed by atoms with Crippen LogP contribution < -0.4 is 10.2 Å². The number of nitrogens with one attached hydrogen (secondary N) is 1. The van der Waals surface area contributed by atoms with Gasteiger partial charge in [-0.05, 0) is 18.6 Å². The molecule has 8 nitrogen and oxygen atoms in total. The van der Waals surface area contributed by atoms with Crippen LogP contribution >= 0.6 is 11.8 Å². The normalized spacial score (nSPS) is 17.7. The van der Waals surface area contributed by atoms with Crippen molar-refractivity contribution in [2.75, 3.05) is 43.5 Å². The van der Waals surface area contributed by atoms with Crippen LogP contribution in [0.2, 0.25) is 0 Å². The number of hydrogen-bond donors (Lipinski definition) is 1. The molecule has 1 saturated carbocycles. The predicted molar refractivity (Wildman–Crippen MR) is 100 cm³/mol. The number of carbonyl (C=O) groups is 1. The van der Waals surface area contributed by atoms with Crippen LogP contribution in [0.15, 0.2) is 11.4 Å². The molecule has 1 aliphatic heterocycles. The summed E-state index contributed by atoms with van der Waals surface area (Å²) in [5.41, 5.74) is 0.832. The quantitative estimate of drug-likeness (QED) is 0.576. The number of carbonyl (C=O) groups excluding carboxylic acids is 1. The zero-order chi connectivity index (χ0) is 17.9. The number of rotatable bonds is 7. The van der Waals surface area contributed by atoms with E-state index in [2.05, 4.69) is 22.2 Å². The van der Waals surface area contributed by atoms with Crippen molar-refractivity contribution in [3.8, 4) is 0 Å². The molecule has 9 heteroatoms. The van der Waals surface area contributed by atoms with Crippen LogP contribution in [0.5, 0.6) is 0 Å². The average molecular weight is 376 g/mol. The first-order valence-electron chi connectivity index (χ1n) is 9.23. The average Bonchev–Trinajstić information content (AvgIpc) is 3.44. The van der Waals surface area contributed by atoms with E-state index in [0.717, 1.165) is 53.7 Å². The van der Waals surface area contributed by atoms with Gasteiger partial charge in [0.1, 0.15) is 5.82 Å². The molecule has 1 saturated heterocycles. The standard InChI is InChI=1S/C17H24N6O2S/c1-2-26-17-20-14(22-7-9-25-10-8-22)13-11-19-23(15(13)21-17)6-5-18-16(24)12-3-4-12/h11-12H,2-10H2,1H3,(H,18,24). The van der Waals surface area contributed by atoms with Crippen molar-refractivity contribution >= 4 is 34.5 Å². The molecule has 26 heavy (non-hydrogen) atoms. The highest BCUT2D eigenvalue weighted by molar-refractivity contribution is 7.99. The topological polar surface area (TPSA) is 85.2 Å². The van der Waals surface area contributed by atoms with E-state index in [-0.39, 0.29) is 11.8 Å². The molecule has 2 aromatic rings. The van der Waals surface area contributed by atoms with Crippen LogP contribution in [0.25, 0.3) is 11.0 Å². The minimum atomic E-state index is 0.160. The molecule has 4 rings (SSSR count). The Labute approximate surface area is 156 Å². The maximum Gasteiger partial charge on any atom is 0.223 e. The van der Waals surface area contributed by atoms with Crippen molar-refractivity contribution in [3.63, 3.8) is 0 Å². The minimum Gasteiger partial charge on any atom is -0.378 e. The molecule has 3 heterocycles. The number of anilines is 1. The molecule has 0 unspecified atom stereocenters. The first kappa shape index (κ1) is 17.5. The van der Waals surface area contributed by atoms with E-state index in [1.807, 2.05) is 10.9 Å². The number of hydrogen-bond acceptors (Lipinski definition) is 7. The van der Waals surface area contributed by atoms with E-state index in [4.69, 9.17) is 14.7 Å². The fourth-order valence-corrected chi connectivity index (χ4v) is 3.63. The van der Waals surface area contributed by atoms with Gasteiger partial charge >= 0.3 is 0 Å². The van der Waals surface area contributed by atoms with Gasteiger partial charge in [-0.15, -0.1) is 0 Å². The van der Waals surface area contributed by atoms with Gasteiger partial charge in [0.15, 0.2) is 10.8 Å². The predicted octanol–water partition coefficient (Wildman–Crippen LogP) is 1.30. The molecule has 2 aromatic heterocycles. The molecule has 1 amide bonds. The van der Waals surface area contributed by atoms with E-state index in [0.29, 0.717) is 26.3 Å². The first-order chi connectivity index (χ1) is 12.8. The molecule has 0 bridgehead atoms. The molecule has 140 valence electrons. The maximum absolute atomic E-state index is 11.8. The van der Waals surface area contributed by atoms with Crippen LogP contribution in [0.4, 0.5) is 5.82 Å². The first-order valence-corrected chi connectivity index (χ1v) is 10.2. The second-order valence-electron chi connectivity index (χ2n) is 6.53. The van der Waals surface area contributed by atoms with E-state index in [1.54, 1.807) is 11.8 Å². The Hall–Kier alpha value is -1.87. The van der Waals surface area contributed by atoms with Crippen LogP contribution in [0.3, 0.4) is 0 Å². The van der Waals surface area contributed by atoms with Crippen molar-refractivity contribution in [2.45, 2.75) is 31.5 Å². The highest BCUT2D eigenvalue weighted by Gasteiger charge is 2.29. The summed E-state index contributed by atoms with van der Waals surface area (Å²) in [5.74, 6) is 2.24. The van der Waals surface area contributed by atoms with Gasteiger partial charge in [-0.3, -0.25) is 4.79 Å². The molecular formula is C17H24N6O2S. The van der Waals surface area contributed by atoms with Gasteiger partial charge < -0.3 is 15.0 Å². The molecular weight excluding hydrogens is 352 g/mol. The Morgan fingerprint density at radius 1 is 1.35 bits per heavy atom. The largest absolute Gasteiger partial charge is 0.378 e. The lowest BCUT2D eigenvalue weighted by molar-refractivity contribution is -0.122. The summed E-state index contributed by atoms with van der Waals surface area (Å²) in [6, 6.07) is 0. The highest BCUT2D eigenvalue weighted by Crippen LogP contribution is 2.29. The summed E-state index contributed by atoms with van der Waals surface area (Å²) in [5, 5.41) is 9.22. The molecule has 2 fully saturated rings. The Morgan fingerprint density at radius 3 is 2.88 bits per heavy atom. The molecule has 0 spiro atoms. The van der Waals surface area contributed by atoms with E-state index >= 15 is 0 Å². The molecule has 0 radical (unpaired) electrons. The van der Waals surface area contributed by atoms with Gasteiger partial charge in [0.2, 0.25) is 5.91 Å². The van der Waals surface area contributed by atoms with Gasteiger partial charge in [-0.2, -0.15) is 5.10 Å². The number of nitrogens with zero attached hydrogens (tertiary/aromatic N) is 5. The number of ether oxygens (including phenoxy) is 1. The van der Waals surface area contributed by atoms with Crippen molar-refractivity contribution in [1.29, 1.82) is 0 Å². The lowest BCUT2D eigenvalue weighted by Gasteiger charge is -2.28. The lowest BCUT2D eigenvalue weighted by atomic mass is 10.3. The summed E-state index contributed by atoms with van der Waals surface area (Å²) in [6.07, 6.45) is 3.87. The summed E-state index contributed by atoms with van der Waals surface area (Å²) < 4.78 is 7.33. The molecule has 2 aliphatic rings. The second-order valence-corrected chi connectivity index (χ2v) is 7.76. The third-order valence-corrected chi connectivity index (χ3v) is 5.34. The van der Waals surface area contributed by atoms with Gasteiger partial charge in [0.05, 0.1) is 31.3 Å².